The minimum atomic E-state index is 0.0285. The second-order valence-corrected chi connectivity index (χ2v) is 6.33. The molecule has 0 N–H and O–H groups in total. The topological polar surface area (TPSA) is 48.0 Å². The van der Waals surface area contributed by atoms with Gasteiger partial charge in [0, 0.05) is 34.3 Å². The Morgan fingerprint density at radius 3 is 2.54 bits per heavy atom. The minimum absolute atomic E-state index is 0.0285. The van der Waals surface area contributed by atoms with Crippen LogP contribution in [0, 0.1) is 13.8 Å². The van der Waals surface area contributed by atoms with Crippen molar-refractivity contribution in [3.05, 3.63) is 58.6 Å². The normalized spacial score (nSPS) is 11.5. The van der Waals surface area contributed by atoms with E-state index in [1.54, 1.807) is 6.92 Å². The number of hydrogen-bond donors (Lipinski definition) is 0. The molecule has 0 atom stereocenters. The molecule has 0 amide bonds. The van der Waals surface area contributed by atoms with Crippen molar-refractivity contribution in [1.82, 2.24) is 9.55 Å². The van der Waals surface area contributed by atoms with Gasteiger partial charge in [-0.1, -0.05) is 11.6 Å². The van der Waals surface area contributed by atoms with Crippen molar-refractivity contribution in [1.29, 1.82) is 0 Å². The Balaban J connectivity index is 2.14. The Labute approximate surface area is 143 Å². The quantitative estimate of drug-likeness (QED) is 0.469. The molecular weight excluding hydrogens is 324 g/mol. The number of nitrogens with zero attached hydrogens (tertiary/aromatic N) is 2. The van der Waals surface area contributed by atoms with E-state index in [4.69, 9.17) is 16.0 Å². The number of fused-ring (bicyclic) bond motifs is 2. The van der Waals surface area contributed by atoms with Crippen LogP contribution in [0.3, 0.4) is 0 Å². The van der Waals surface area contributed by atoms with Crippen LogP contribution >= 0.6 is 11.6 Å². The van der Waals surface area contributed by atoms with E-state index in [1.165, 1.54) is 0 Å². The molecule has 2 aromatic heterocycles. The summed E-state index contributed by atoms with van der Waals surface area (Å²) in [7, 11) is 0. The highest BCUT2D eigenvalue weighted by atomic mass is 35.5. The zero-order valence-corrected chi connectivity index (χ0v) is 14.3. The number of halogens is 1. The van der Waals surface area contributed by atoms with Gasteiger partial charge in [0.15, 0.2) is 17.3 Å². The number of hydrogen-bond acceptors (Lipinski definition) is 3. The van der Waals surface area contributed by atoms with Gasteiger partial charge in [-0.25, -0.2) is 4.98 Å². The van der Waals surface area contributed by atoms with E-state index in [2.05, 4.69) is 9.55 Å². The second kappa shape index (κ2) is 5.21. The molecule has 24 heavy (non-hydrogen) atoms. The number of carbonyl (C=O) groups excluding carboxylic acids is 1. The van der Waals surface area contributed by atoms with Crippen LogP contribution in [-0.2, 0) is 0 Å². The third-order valence-corrected chi connectivity index (χ3v) is 4.51. The zero-order chi connectivity index (χ0) is 17.0. The van der Waals surface area contributed by atoms with Crippen LogP contribution < -0.4 is 0 Å². The summed E-state index contributed by atoms with van der Waals surface area (Å²) in [5, 5.41) is 1.55. The molecule has 0 bridgehead atoms. The number of aryl methyl sites for hydroxylation is 1. The molecule has 4 nitrogen and oxygen atoms in total. The Morgan fingerprint density at radius 1 is 1.17 bits per heavy atom. The van der Waals surface area contributed by atoms with Crippen LogP contribution in [0.2, 0.25) is 5.02 Å². The molecule has 120 valence electrons. The number of rotatable bonds is 2. The first kappa shape index (κ1) is 15.0. The summed E-state index contributed by atoms with van der Waals surface area (Å²) in [4.78, 5) is 16.6. The zero-order valence-electron chi connectivity index (χ0n) is 13.6. The monoisotopic (exact) mass is 338 g/mol. The lowest BCUT2D eigenvalue weighted by Gasteiger charge is -2.08. The second-order valence-electron chi connectivity index (χ2n) is 5.90. The number of benzene rings is 2. The fraction of sp³-hybridized carbons (Fsp3) is 0.158. The number of oxazole rings is 1. The smallest absolute Gasteiger partial charge is 0.192 e. The summed E-state index contributed by atoms with van der Waals surface area (Å²) in [6.07, 6.45) is 0. The molecule has 5 heteroatoms. The van der Waals surface area contributed by atoms with E-state index < -0.39 is 0 Å². The van der Waals surface area contributed by atoms with Gasteiger partial charge in [-0.2, -0.15) is 0 Å². The highest BCUT2D eigenvalue weighted by Crippen LogP contribution is 2.33. The minimum Gasteiger partial charge on any atom is -0.441 e. The van der Waals surface area contributed by atoms with Gasteiger partial charge in [-0.3, -0.25) is 4.79 Å². The molecule has 0 radical (unpaired) electrons. The molecule has 4 rings (SSSR count). The van der Waals surface area contributed by atoms with Crippen molar-refractivity contribution >= 4 is 39.4 Å². The number of carbonyl (C=O) groups is 1. The van der Waals surface area contributed by atoms with E-state index >= 15 is 0 Å². The summed E-state index contributed by atoms with van der Waals surface area (Å²) in [6, 6.07) is 11.4. The Morgan fingerprint density at radius 2 is 1.88 bits per heavy atom. The van der Waals surface area contributed by atoms with E-state index in [1.807, 2.05) is 50.2 Å². The van der Waals surface area contributed by atoms with Crippen molar-refractivity contribution in [3.63, 3.8) is 0 Å². The van der Waals surface area contributed by atoms with Gasteiger partial charge in [0.1, 0.15) is 5.52 Å². The largest absolute Gasteiger partial charge is 0.441 e. The maximum absolute atomic E-state index is 12.2. The lowest BCUT2D eigenvalue weighted by molar-refractivity contribution is 0.101. The Hall–Kier alpha value is -2.59. The third-order valence-electron chi connectivity index (χ3n) is 4.26. The van der Waals surface area contributed by atoms with E-state index in [0.717, 1.165) is 27.8 Å². The van der Waals surface area contributed by atoms with Gasteiger partial charge in [-0.15, -0.1) is 0 Å². The summed E-state index contributed by atoms with van der Waals surface area (Å²) >= 11 is 6.01. The third kappa shape index (κ3) is 2.14. The first-order valence-electron chi connectivity index (χ1n) is 7.65. The van der Waals surface area contributed by atoms with Gasteiger partial charge in [0.2, 0.25) is 0 Å². The summed E-state index contributed by atoms with van der Waals surface area (Å²) in [5.41, 5.74) is 4.95. The van der Waals surface area contributed by atoms with E-state index in [9.17, 15) is 4.79 Å². The van der Waals surface area contributed by atoms with Crippen molar-refractivity contribution in [3.8, 4) is 5.69 Å². The molecule has 0 aliphatic heterocycles. The highest BCUT2D eigenvalue weighted by Gasteiger charge is 2.20. The van der Waals surface area contributed by atoms with Crippen LogP contribution in [0.1, 0.15) is 28.9 Å². The average molecular weight is 339 g/mol. The van der Waals surface area contributed by atoms with E-state index in [-0.39, 0.29) is 5.78 Å². The van der Waals surface area contributed by atoms with Gasteiger partial charge >= 0.3 is 0 Å². The van der Waals surface area contributed by atoms with E-state index in [0.29, 0.717) is 22.1 Å². The molecule has 2 aromatic carbocycles. The molecule has 0 saturated heterocycles. The molecule has 0 aliphatic rings. The molecule has 0 aliphatic carbocycles. The van der Waals surface area contributed by atoms with Gasteiger partial charge in [0.05, 0.1) is 5.52 Å². The molecule has 2 heterocycles. The van der Waals surface area contributed by atoms with Crippen molar-refractivity contribution in [2.45, 2.75) is 20.8 Å². The van der Waals surface area contributed by atoms with Crippen LogP contribution in [0.25, 0.3) is 27.7 Å². The molecule has 4 aromatic rings. The lowest BCUT2D eigenvalue weighted by atomic mass is 10.1. The van der Waals surface area contributed by atoms with Gasteiger partial charge in [-0.05, 0) is 50.2 Å². The fourth-order valence-electron chi connectivity index (χ4n) is 3.32. The predicted molar refractivity (Wildman–Crippen MR) is 95.3 cm³/mol. The molecule has 0 fully saturated rings. The molecular formula is C19H15ClN2O2. The highest BCUT2D eigenvalue weighted by molar-refractivity contribution is 6.30. The number of aromatic nitrogens is 2. The fourth-order valence-corrected chi connectivity index (χ4v) is 3.44. The Kier molecular flexibility index (Phi) is 3.25. The van der Waals surface area contributed by atoms with Crippen molar-refractivity contribution in [2.24, 2.45) is 0 Å². The van der Waals surface area contributed by atoms with Crippen LogP contribution in [0.4, 0.5) is 0 Å². The van der Waals surface area contributed by atoms with Crippen molar-refractivity contribution < 1.29 is 9.21 Å². The molecule has 0 unspecified atom stereocenters. The Bertz CT molecular complexity index is 1100. The summed E-state index contributed by atoms with van der Waals surface area (Å²) < 4.78 is 7.69. The maximum Gasteiger partial charge on any atom is 0.192 e. The van der Waals surface area contributed by atoms with Crippen LogP contribution in [0.5, 0.6) is 0 Å². The molecule has 0 spiro atoms. The first-order chi connectivity index (χ1) is 11.5. The average Bonchev–Trinajstić information content (AvgIpc) is 3.01. The number of Topliss-reactive ketones (excluding diaryl/α,β-unsaturated/α-hetero) is 1. The summed E-state index contributed by atoms with van der Waals surface area (Å²) in [6.45, 7) is 5.35. The maximum atomic E-state index is 12.2. The van der Waals surface area contributed by atoms with Crippen molar-refractivity contribution in [2.75, 3.05) is 0 Å². The lowest BCUT2D eigenvalue weighted by Crippen LogP contribution is -1.99. The predicted octanol–water partition coefficient (Wildman–Crippen LogP) is 5.24. The summed E-state index contributed by atoms with van der Waals surface area (Å²) in [5.74, 6) is 0.637. The van der Waals surface area contributed by atoms with Gasteiger partial charge in [0.25, 0.3) is 0 Å². The van der Waals surface area contributed by atoms with Gasteiger partial charge < -0.3 is 8.98 Å². The van der Waals surface area contributed by atoms with Crippen LogP contribution in [0.15, 0.2) is 40.8 Å². The SMILES string of the molecule is CC(=O)c1c(C)n(-c2ccc(Cl)cc2)c2cc3nc(C)oc3cc12. The molecule has 0 saturated carbocycles. The number of ketones is 1. The standard InChI is InChI=1S/C19H15ClN2O2/c1-10-19(11(2)23)15-8-18-16(21-12(3)24-18)9-17(15)22(10)14-6-4-13(20)5-7-14/h4-9H,1-3H3. The van der Waals surface area contributed by atoms with Crippen LogP contribution in [-0.4, -0.2) is 15.3 Å². The first-order valence-corrected chi connectivity index (χ1v) is 8.02.